The Labute approximate surface area is 157 Å². The number of carbonyl (C=O) groups is 2. The van der Waals surface area contributed by atoms with Crippen molar-refractivity contribution in [3.8, 4) is 5.75 Å². The Kier molecular flexibility index (Phi) is 5.46. The van der Waals surface area contributed by atoms with Crippen LogP contribution in [0.15, 0.2) is 18.2 Å². The van der Waals surface area contributed by atoms with E-state index in [1.807, 2.05) is 25.1 Å². The smallest absolute Gasteiger partial charge is 0.251 e. The van der Waals surface area contributed by atoms with E-state index in [0.717, 1.165) is 28.8 Å². The lowest BCUT2D eigenvalue weighted by atomic mass is 9.76. The van der Waals surface area contributed by atoms with E-state index in [1.165, 1.54) is 18.3 Å². The molecule has 0 bridgehead atoms. The molecule has 1 saturated carbocycles. The van der Waals surface area contributed by atoms with Crippen LogP contribution in [0.4, 0.5) is 5.13 Å². The highest BCUT2D eigenvalue weighted by Crippen LogP contribution is 2.34. The van der Waals surface area contributed by atoms with E-state index in [0.29, 0.717) is 30.5 Å². The Bertz CT molecular complexity index is 809. The monoisotopic (exact) mass is 375 g/mol. The summed E-state index contributed by atoms with van der Waals surface area (Å²) in [5.41, 5.74) is -0.0215. The predicted molar refractivity (Wildman–Crippen MR) is 104 cm³/mol. The molecule has 1 aliphatic rings. The molecule has 3 rings (SSSR count). The number of hydrogen-bond acceptors (Lipinski definition) is 5. The molecule has 1 fully saturated rings. The standard InChI is InChI=1S/C19H25N3O3S/c1-4-25-14-5-6-15-16(11-14)26-18(20-15)21-17(24)19(22-13(3)23)9-7-12(2)8-10-19/h5-6,11-12H,4,7-10H2,1-3H3,(H,22,23)(H,20,21,24). The van der Waals surface area contributed by atoms with E-state index in [2.05, 4.69) is 22.5 Å². The van der Waals surface area contributed by atoms with E-state index >= 15 is 0 Å². The maximum atomic E-state index is 13.0. The van der Waals surface area contributed by atoms with E-state index in [4.69, 9.17) is 4.74 Å². The number of anilines is 1. The van der Waals surface area contributed by atoms with E-state index < -0.39 is 5.54 Å². The zero-order valence-electron chi connectivity index (χ0n) is 15.4. The van der Waals surface area contributed by atoms with Crippen molar-refractivity contribution in [1.29, 1.82) is 0 Å². The molecular weight excluding hydrogens is 350 g/mol. The molecule has 0 radical (unpaired) electrons. The lowest BCUT2D eigenvalue weighted by Gasteiger charge is -2.38. The van der Waals surface area contributed by atoms with Crippen LogP contribution in [0.5, 0.6) is 5.75 Å². The van der Waals surface area contributed by atoms with Gasteiger partial charge in [0.1, 0.15) is 11.3 Å². The first kappa shape index (κ1) is 18.6. The Balaban J connectivity index is 1.80. The van der Waals surface area contributed by atoms with Crippen molar-refractivity contribution >= 4 is 38.5 Å². The molecule has 2 amide bonds. The normalized spacial score (nSPS) is 22.8. The van der Waals surface area contributed by atoms with Gasteiger partial charge >= 0.3 is 0 Å². The van der Waals surface area contributed by atoms with Gasteiger partial charge in [0.2, 0.25) is 5.91 Å². The summed E-state index contributed by atoms with van der Waals surface area (Å²) >= 11 is 1.41. The molecule has 0 aliphatic heterocycles. The Morgan fingerprint density at radius 2 is 2.08 bits per heavy atom. The summed E-state index contributed by atoms with van der Waals surface area (Å²) in [5.74, 6) is 1.01. The highest BCUT2D eigenvalue weighted by atomic mass is 32.1. The molecule has 0 saturated heterocycles. The largest absolute Gasteiger partial charge is 0.494 e. The van der Waals surface area contributed by atoms with Crippen molar-refractivity contribution < 1.29 is 14.3 Å². The molecule has 0 atom stereocenters. The predicted octanol–water partition coefficient (Wildman–Crippen LogP) is 3.72. The maximum absolute atomic E-state index is 13.0. The summed E-state index contributed by atoms with van der Waals surface area (Å²) < 4.78 is 6.47. The average molecular weight is 375 g/mol. The molecule has 1 aromatic carbocycles. The second kappa shape index (κ2) is 7.61. The number of carbonyl (C=O) groups excluding carboxylic acids is 2. The second-order valence-corrected chi connectivity index (χ2v) is 8.01. The molecule has 2 N–H and O–H groups in total. The summed E-state index contributed by atoms with van der Waals surface area (Å²) in [6.07, 6.45) is 3.15. The fraction of sp³-hybridized carbons (Fsp3) is 0.526. The molecule has 0 spiro atoms. The van der Waals surface area contributed by atoms with Crippen molar-refractivity contribution in [3.05, 3.63) is 18.2 Å². The summed E-state index contributed by atoms with van der Waals surface area (Å²) in [4.78, 5) is 29.2. The lowest BCUT2D eigenvalue weighted by Crippen LogP contribution is -2.57. The average Bonchev–Trinajstić information content (AvgIpc) is 2.98. The summed E-state index contributed by atoms with van der Waals surface area (Å²) in [7, 11) is 0. The van der Waals surface area contributed by atoms with Crippen LogP contribution in [-0.2, 0) is 9.59 Å². The Hall–Kier alpha value is -2.15. The van der Waals surface area contributed by atoms with Crippen molar-refractivity contribution in [3.63, 3.8) is 0 Å². The lowest BCUT2D eigenvalue weighted by molar-refractivity contribution is -0.131. The third-order valence-electron chi connectivity index (χ3n) is 4.87. The maximum Gasteiger partial charge on any atom is 0.251 e. The number of rotatable bonds is 5. The Morgan fingerprint density at radius 1 is 1.35 bits per heavy atom. The minimum Gasteiger partial charge on any atom is -0.494 e. The zero-order valence-corrected chi connectivity index (χ0v) is 16.2. The van der Waals surface area contributed by atoms with Crippen LogP contribution < -0.4 is 15.4 Å². The molecule has 140 valence electrons. The van der Waals surface area contributed by atoms with Crippen molar-refractivity contribution in [2.24, 2.45) is 5.92 Å². The van der Waals surface area contributed by atoms with Gasteiger partial charge in [-0.1, -0.05) is 18.3 Å². The van der Waals surface area contributed by atoms with Gasteiger partial charge in [-0.25, -0.2) is 4.98 Å². The number of nitrogens with zero attached hydrogens (tertiary/aromatic N) is 1. The topological polar surface area (TPSA) is 80.3 Å². The minimum absolute atomic E-state index is 0.177. The van der Waals surface area contributed by atoms with Gasteiger partial charge in [0.15, 0.2) is 5.13 Å². The fourth-order valence-corrected chi connectivity index (χ4v) is 4.32. The number of nitrogens with one attached hydrogen (secondary N) is 2. The van der Waals surface area contributed by atoms with Gasteiger partial charge in [-0.2, -0.15) is 0 Å². The number of thiazole rings is 1. The number of amides is 2. The van der Waals surface area contributed by atoms with Crippen LogP contribution in [-0.4, -0.2) is 28.9 Å². The highest BCUT2D eigenvalue weighted by Gasteiger charge is 2.42. The molecule has 1 aliphatic carbocycles. The summed E-state index contributed by atoms with van der Waals surface area (Å²) in [5, 5.41) is 6.37. The summed E-state index contributed by atoms with van der Waals surface area (Å²) in [6, 6.07) is 5.69. The van der Waals surface area contributed by atoms with Crippen molar-refractivity contribution in [2.75, 3.05) is 11.9 Å². The Morgan fingerprint density at radius 3 is 2.73 bits per heavy atom. The third-order valence-corrected chi connectivity index (χ3v) is 5.80. The zero-order chi connectivity index (χ0) is 18.7. The number of fused-ring (bicyclic) bond motifs is 1. The number of ether oxygens (including phenoxy) is 1. The first-order chi connectivity index (χ1) is 12.4. The molecule has 1 aromatic heterocycles. The summed E-state index contributed by atoms with van der Waals surface area (Å²) in [6.45, 7) is 6.18. The second-order valence-electron chi connectivity index (χ2n) is 6.98. The van der Waals surface area contributed by atoms with Gasteiger partial charge in [-0.15, -0.1) is 0 Å². The quantitative estimate of drug-likeness (QED) is 0.835. The first-order valence-electron chi connectivity index (χ1n) is 9.05. The number of hydrogen-bond donors (Lipinski definition) is 2. The molecule has 7 heteroatoms. The minimum atomic E-state index is -0.841. The van der Waals surface area contributed by atoms with Gasteiger partial charge in [-0.3, -0.25) is 14.9 Å². The number of aromatic nitrogens is 1. The van der Waals surface area contributed by atoms with Crippen LogP contribution in [0.25, 0.3) is 10.2 Å². The van der Waals surface area contributed by atoms with Gasteiger partial charge in [0.25, 0.3) is 5.91 Å². The van der Waals surface area contributed by atoms with Crippen LogP contribution >= 0.6 is 11.3 Å². The number of benzene rings is 1. The molecule has 6 nitrogen and oxygen atoms in total. The highest BCUT2D eigenvalue weighted by molar-refractivity contribution is 7.22. The van der Waals surface area contributed by atoms with Gasteiger partial charge < -0.3 is 10.1 Å². The molecule has 2 aromatic rings. The van der Waals surface area contributed by atoms with Crippen LogP contribution in [0.1, 0.15) is 46.5 Å². The van der Waals surface area contributed by atoms with E-state index in [-0.39, 0.29) is 11.8 Å². The van der Waals surface area contributed by atoms with Gasteiger partial charge in [0, 0.05) is 6.92 Å². The first-order valence-corrected chi connectivity index (χ1v) is 9.87. The molecule has 1 heterocycles. The molecule has 0 unspecified atom stereocenters. The SMILES string of the molecule is CCOc1ccc2nc(NC(=O)C3(NC(C)=O)CCC(C)CC3)sc2c1. The van der Waals surface area contributed by atoms with Gasteiger partial charge in [-0.05, 0) is 56.7 Å². The van der Waals surface area contributed by atoms with Crippen molar-refractivity contribution in [1.82, 2.24) is 10.3 Å². The van der Waals surface area contributed by atoms with Crippen LogP contribution in [0.2, 0.25) is 0 Å². The third kappa shape index (κ3) is 3.98. The van der Waals surface area contributed by atoms with Gasteiger partial charge in [0.05, 0.1) is 16.8 Å². The van der Waals surface area contributed by atoms with E-state index in [1.54, 1.807) is 0 Å². The van der Waals surface area contributed by atoms with E-state index in [9.17, 15) is 9.59 Å². The molecule has 26 heavy (non-hydrogen) atoms. The fourth-order valence-electron chi connectivity index (χ4n) is 3.43. The van der Waals surface area contributed by atoms with Crippen LogP contribution in [0.3, 0.4) is 0 Å². The van der Waals surface area contributed by atoms with Crippen LogP contribution in [0, 0.1) is 5.92 Å². The van der Waals surface area contributed by atoms with Crippen molar-refractivity contribution in [2.45, 2.75) is 52.0 Å². The molecular formula is C19H25N3O3S.